The van der Waals surface area contributed by atoms with Gasteiger partial charge in [-0.2, -0.15) is 4.98 Å². The normalized spacial score (nSPS) is 22.3. The van der Waals surface area contributed by atoms with Crippen molar-refractivity contribution in [3.05, 3.63) is 12.1 Å². The first kappa shape index (κ1) is 16.4. The minimum Gasteiger partial charge on any atom is -0.493 e. The number of carbonyl (C=O) groups excluding carboxylic acids is 2. The number of nitrogens with two attached hydrogens (primary N) is 1. The molecule has 3 N–H and O–H groups in total. The lowest BCUT2D eigenvalue weighted by molar-refractivity contribution is -0.127. The fourth-order valence-electron chi connectivity index (χ4n) is 3.67. The Morgan fingerprint density at radius 1 is 1.19 bits per heavy atom. The summed E-state index contributed by atoms with van der Waals surface area (Å²) in [4.78, 5) is 34.6. The van der Waals surface area contributed by atoms with Crippen molar-refractivity contribution in [2.24, 2.45) is 5.41 Å². The van der Waals surface area contributed by atoms with Crippen LogP contribution in [0.2, 0.25) is 0 Å². The second-order valence-electron chi connectivity index (χ2n) is 6.64. The molecule has 1 spiro atoms. The van der Waals surface area contributed by atoms with E-state index in [0.717, 1.165) is 0 Å². The average Bonchev–Trinajstić information content (AvgIpc) is 3.17. The number of methoxy groups -OCH3 is 2. The predicted octanol–water partition coefficient (Wildman–Crippen LogP) is 0.472. The van der Waals surface area contributed by atoms with Crippen LogP contribution in [0.4, 0.5) is 11.8 Å². The van der Waals surface area contributed by atoms with Crippen LogP contribution >= 0.6 is 0 Å². The van der Waals surface area contributed by atoms with Gasteiger partial charge in [-0.25, -0.2) is 4.98 Å². The number of aromatic nitrogens is 2. The Labute approximate surface area is 149 Å². The lowest BCUT2D eigenvalue weighted by Gasteiger charge is -2.21. The second-order valence-corrected chi connectivity index (χ2v) is 6.64. The molecule has 1 unspecified atom stereocenters. The van der Waals surface area contributed by atoms with Crippen LogP contribution < -0.4 is 25.4 Å². The maximum atomic E-state index is 12.2. The number of carbonyl (C=O) groups is 2. The highest BCUT2D eigenvalue weighted by molar-refractivity contribution is 6.06. The molecular weight excluding hydrogens is 338 g/mol. The fourth-order valence-corrected chi connectivity index (χ4v) is 3.67. The summed E-state index contributed by atoms with van der Waals surface area (Å²) in [5.74, 6) is 1.40. The van der Waals surface area contributed by atoms with Crippen molar-refractivity contribution in [1.82, 2.24) is 15.3 Å². The largest absolute Gasteiger partial charge is 0.493 e. The van der Waals surface area contributed by atoms with Crippen molar-refractivity contribution in [1.29, 1.82) is 0 Å². The molecule has 0 bridgehead atoms. The molecule has 2 saturated heterocycles. The van der Waals surface area contributed by atoms with Crippen molar-refractivity contribution < 1.29 is 19.1 Å². The number of fused-ring (bicyclic) bond motifs is 1. The summed E-state index contributed by atoms with van der Waals surface area (Å²) < 4.78 is 10.6. The monoisotopic (exact) mass is 357 g/mol. The number of amides is 2. The molecule has 0 saturated carbocycles. The summed E-state index contributed by atoms with van der Waals surface area (Å²) in [6.45, 7) is 0.974. The topological polar surface area (TPSA) is 120 Å². The van der Waals surface area contributed by atoms with Crippen LogP contribution in [0.3, 0.4) is 0 Å². The molecule has 2 aliphatic heterocycles. The zero-order valence-electron chi connectivity index (χ0n) is 14.5. The molecule has 2 aliphatic rings. The van der Waals surface area contributed by atoms with Crippen molar-refractivity contribution in [2.75, 3.05) is 37.9 Å². The van der Waals surface area contributed by atoms with E-state index in [0.29, 0.717) is 53.7 Å². The maximum absolute atomic E-state index is 12.2. The molecule has 1 aromatic heterocycles. The third-order valence-corrected chi connectivity index (χ3v) is 5.09. The summed E-state index contributed by atoms with van der Waals surface area (Å²) in [5, 5.41) is 3.05. The average molecular weight is 357 g/mol. The first-order chi connectivity index (χ1) is 12.5. The molecule has 2 amide bonds. The van der Waals surface area contributed by atoms with Gasteiger partial charge in [0.2, 0.25) is 17.8 Å². The van der Waals surface area contributed by atoms with Crippen LogP contribution in [0.25, 0.3) is 10.9 Å². The quantitative estimate of drug-likeness (QED) is 0.761. The van der Waals surface area contributed by atoms with Crippen molar-refractivity contribution in [3.8, 4) is 11.5 Å². The Bertz CT molecular complexity index is 931. The zero-order chi connectivity index (χ0) is 18.5. The molecule has 9 nitrogen and oxygen atoms in total. The van der Waals surface area contributed by atoms with Crippen molar-refractivity contribution in [3.63, 3.8) is 0 Å². The number of nitrogen functional groups attached to an aromatic ring is 1. The first-order valence-electron chi connectivity index (χ1n) is 8.24. The van der Waals surface area contributed by atoms with E-state index in [9.17, 15) is 9.59 Å². The SMILES string of the molecule is COc1cc2nc(N3CCC4(CC(=O)NC4=O)C3)nc(N)c2cc1OC. The standard InChI is InChI=1S/C17H19N5O4/c1-25-11-5-9-10(6-12(11)26-2)19-16(21-14(9)18)22-4-3-17(8-22)7-13(23)20-15(17)24/h5-6H,3-4,7-8H2,1-2H3,(H2,18,19,21)(H,20,23,24). The number of ether oxygens (including phenoxy) is 2. The van der Waals surface area contributed by atoms with Crippen LogP contribution in [0.1, 0.15) is 12.8 Å². The predicted molar refractivity (Wildman–Crippen MR) is 94.1 cm³/mol. The van der Waals surface area contributed by atoms with E-state index in [4.69, 9.17) is 15.2 Å². The van der Waals surface area contributed by atoms with Gasteiger partial charge in [-0.1, -0.05) is 0 Å². The number of anilines is 2. The minimum absolute atomic E-state index is 0.205. The number of rotatable bonds is 3. The van der Waals surface area contributed by atoms with Crippen molar-refractivity contribution in [2.45, 2.75) is 12.8 Å². The highest BCUT2D eigenvalue weighted by Gasteiger charge is 2.51. The minimum atomic E-state index is -0.693. The maximum Gasteiger partial charge on any atom is 0.235 e. The molecular formula is C17H19N5O4. The van der Waals surface area contributed by atoms with Gasteiger partial charge in [0, 0.05) is 31.0 Å². The van der Waals surface area contributed by atoms with E-state index in [2.05, 4.69) is 15.3 Å². The number of nitrogens with one attached hydrogen (secondary N) is 1. The first-order valence-corrected chi connectivity index (χ1v) is 8.24. The molecule has 9 heteroatoms. The molecule has 3 heterocycles. The number of hydrogen-bond acceptors (Lipinski definition) is 8. The Hall–Kier alpha value is -3.10. The Kier molecular flexibility index (Phi) is 3.60. The van der Waals surface area contributed by atoms with Crippen LogP contribution in [-0.2, 0) is 9.59 Å². The van der Waals surface area contributed by atoms with Gasteiger partial charge in [0.25, 0.3) is 0 Å². The number of nitrogens with zero attached hydrogens (tertiary/aromatic N) is 3. The van der Waals surface area contributed by atoms with Gasteiger partial charge < -0.3 is 20.1 Å². The van der Waals surface area contributed by atoms with E-state index >= 15 is 0 Å². The molecule has 1 aromatic carbocycles. The smallest absolute Gasteiger partial charge is 0.235 e. The van der Waals surface area contributed by atoms with Crippen LogP contribution in [0, 0.1) is 5.41 Å². The molecule has 0 aliphatic carbocycles. The lowest BCUT2D eigenvalue weighted by Crippen LogP contribution is -2.35. The van der Waals surface area contributed by atoms with Crippen LogP contribution in [0.5, 0.6) is 11.5 Å². The number of benzene rings is 1. The second kappa shape index (κ2) is 5.72. The van der Waals surface area contributed by atoms with Crippen molar-refractivity contribution >= 4 is 34.5 Å². The summed E-state index contributed by atoms with van der Waals surface area (Å²) in [6, 6.07) is 3.48. The van der Waals surface area contributed by atoms with E-state index < -0.39 is 5.41 Å². The fraction of sp³-hybridized carbons (Fsp3) is 0.412. The van der Waals surface area contributed by atoms with Gasteiger partial charge in [0.15, 0.2) is 11.5 Å². The molecule has 2 aromatic rings. The van der Waals surface area contributed by atoms with Gasteiger partial charge >= 0.3 is 0 Å². The van der Waals surface area contributed by atoms with Gasteiger partial charge in [-0.05, 0) is 12.5 Å². The van der Waals surface area contributed by atoms with Crippen LogP contribution in [0.15, 0.2) is 12.1 Å². The number of imide groups is 1. The van der Waals surface area contributed by atoms with Gasteiger partial charge in [-0.3, -0.25) is 14.9 Å². The molecule has 136 valence electrons. The Morgan fingerprint density at radius 3 is 2.58 bits per heavy atom. The Morgan fingerprint density at radius 2 is 1.92 bits per heavy atom. The van der Waals surface area contributed by atoms with Gasteiger partial charge in [0.05, 0.1) is 25.2 Å². The molecule has 0 radical (unpaired) electrons. The van der Waals surface area contributed by atoms with E-state index in [1.807, 2.05) is 4.90 Å². The third kappa shape index (κ3) is 2.39. The molecule has 1 atom stereocenters. The van der Waals surface area contributed by atoms with E-state index in [1.54, 1.807) is 26.4 Å². The summed E-state index contributed by atoms with van der Waals surface area (Å²) in [5.41, 5.74) is 6.06. The van der Waals surface area contributed by atoms with Crippen LogP contribution in [-0.4, -0.2) is 49.1 Å². The highest BCUT2D eigenvalue weighted by Crippen LogP contribution is 2.40. The summed E-state index contributed by atoms with van der Waals surface area (Å²) in [6.07, 6.45) is 0.786. The van der Waals surface area contributed by atoms with E-state index in [-0.39, 0.29) is 18.2 Å². The van der Waals surface area contributed by atoms with Gasteiger partial charge in [-0.15, -0.1) is 0 Å². The summed E-state index contributed by atoms with van der Waals surface area (Å²) >= 11 is 0. The number of hydrogen-bond donors (Lipinski definition) is 2. The molecule has 2 fully saturated rings. The third-order valence-electron chi connectivity index (χ3n) is 5.09. The van der Waals surface area contributed by atoms with Gasteiger partial charge in [0.1, 0.15) is 5.82 Å². The zero-order valence-corrected chi connectivity index (χ0v) is 14.5. The molecule has 26 heavy (non-hydrogen) atoms. The van der Waals surface area contributed by atoms with E-state index in [1.165, 1.54) is 0 Å². The summed E-state index contributed by atoms with van der Waals surface area (Å²) in [7, 11) is 3.10. The molecule has 4 rings (SSSR count). The Balaban J connectivity index is 1.72. The highest BCUT2D eigenvalue weighted by atomic mass is 16.5. The lowest BCUT2D eigenvalue weighted by atomic mass is 9.85.